The van der Waals surface area contributed by atoms with Crippen LogP contribution in [0.15, 0.2) is 0 Å². The second-order valence-electron chi connectivity index (χ2n) is 6.08. The molecule has 17 heavy (non-hydrogen) atoms. The summed E-state index contributed by atoms with van der Waals surface area (Å²) in [5.74, 6) is 0. The van der Waals surface area contributed by atoms with Crippen molar-refractivity contribution in [2.45, 2.75) is 38.2 Å². The Labute approximate surface area is 104 Å². The van der Waals surface area contributed by atoms with Crippen molar-refractivity contribution in [3.8, 4) is 0 Å². The van der Waals surface area contributed by atoms with Crippen molar-refractivity contribution in [1.82, 2.24) is 4.90 Å². The highest BCUT2D eigenvalue weighted by atomic mass is 16.5. The maximum atomic E-state index is 10.1. The first-order valence-corrected chi connectivity index (χ1v) is 6.69. The molecule has 2 rings (SSSR count). The first-order valence-electron chi connectivity index (χ1n) is 6.69. The highest BCUT2D eigenvalue weighted by Gasteiger charge is 2.37. The summed E-state index contributed by atoms with van der Waals surface area (Å²) >= 11 is 0. The molecular formula is C13H25NO3. The third kappa shape index (κ3) is 3.41. The Morgan fingerprint density at radius 1 is 1.24 bits per heavy atom. The van der Waals surface area contributed by atoms with Crippen molar-refractivity contribution in [3.63, 3.8) is 0 Å². The molecule has 0 bridgehead atoms. The van der Waals surface area contributed by atoms with Gasteiger partial charge in [0, 0.05) is 31.7 Å². The second-order valence-corrected chi connectivity index (χ2v) is 6.08. The molecule has 4 heteroatoms. The van der Waals surface area contributed by atoms with E-state index in [2.05, 4.69) is 4.90 Å². The van der Waals surface area contributed by atoms with Gasteiger partial charge in [-0.25, -0.2) is 0 Å². The standard InChI is InChI=1S/C13H25NO3/c1-12(16)3-2-6-14(9-12)10-13(11-15)4-7-17-8-5-13/h15-16H,2-11H2,1H3. The third-order valence-electron chi connectivity index (χ3n) is 4.20. The van der Waals surface area contributed by atoms with Gasteiger partial charge in [0.15, 0.2) is 0 Å². The molecule has 2 aliphatic rings. The highest BCUT2D eigenvalue weighted by molar-refractivity contribution is 4.89. The summed E-state index contributed by atoms with van der Waals surface area (Å²) in [5, 5.41) is 19.8. The van der Waals surface area contributed by atoms with Gasteiger partial charge in [-0.2, -0.15) is 0 Å². The fourth-order valence-corrected chi connectivity index (χ4v) is 3.10. The quantitative estimate of drug-likeness (QED) is 0.763. The number of aliphatic hydroxyl groups is 2. The molecule has 0 aromatic heterocycles. The van der Waals surface area contributed by atoms with Crippen LogP contribution in [0.1, 0.15) is 32.6 Å². The molecule has 4 nitrogen and oxygen atoms in total. The molecular weight excluding hydrogens is 218 g/mol. The number of nitrogens with zero attached hydrogens (tertiary/aromatic N) is 1. The lowest BCUT2D eigenvalue weighted by molar-refractivity contribution is -0.0653. The molecule has 0 amide bonds. The van der Waals surface area contributed by atoms with Crippen LogP contribution in [0.25, 0.3) is 0 Å². The molecule has 1 unspecified atom stereocenters. The summed E-state index contributed by atoms with van der Waals surface area (Å²) in [5.41, 5.74) is -0.564. The van der Waals surface area contributed by atoms with E-state index in [1.54, 1.807) is 0 Å². The fraction of sp³-hybridized carbons (Fsp3) is 1.00. The molecule has 2 aliphatic heterocycles. The molecule has 0 saturated carbocycles. The molecule has 100 valence electrons. The predicted octanol–water partition coefficient (Wildman–Crippen LogP) is 0.622. The minimum atomic E-state index is -0.555. The Balaban J connectivity index is 1.93. The van der Waals surface area contributed by atoms with Crippen LogP contribution in [0.4, 0.5) is 0 Å². The van der Waals surface area contributed by atoms with Crippen molar-refractivity contribution in [3.05, 3.63) is 0 Å². The highest BCUT2D eigenvalue weighted by Crippen LogP contribution is 2.32. The summed E-state index contributed by atoms with van der Waals surface area (Å²) in [6, 6.07) is 0. The maximum absolute atomic E-state index is 10.1. The van der Waals surface area contributed by atoms with E-state index in [4.69, 9.17) is 4.74 Å². The average molecular weight is 243 g/mol. The van der Waals surface area contributed by atoms with Gasteiger partial charge in [-0.3, -0.25) is 4.90 Å². The molecule has 2 heterocycles. The summed E-state index contributed by atoms with van der Waals surface area (Å²) in [7, 11) is 0. The summed E-state index contributed by atoms with van der Waals surface area (Å²) in [4.78, 5) is 2.31. The maximum Gasteiger partial charge on any atom is 0.0746 e. The number of likely N-dealkylation sites (tertiary alicyclic amines) is 1. The predicted molar refractivity (Wildman–Crippen MR) is 65.9 cm³/mol. The topological polar surface area (TPSA) is 52.9 Å². The molecule has 2 saturated heterocycles. The minimum Gasteiger partial charge on any atom is -0.396 e. The largest absolute Gasteiger partial charge is 0.396 e. The SMILES string of the molecule is CC1(O)CCCN(CC2(CO)CCOCC2)C1. The first-order chi connectivity index (χ1) is 8.05. The smallest absolute Gasteiger partial charge is 0.0746 e. The van der Waals surface area contributed by atoms with E-state index in [0.717, 1.165) is 58.5 Å². The second kappa shape index (κ2) is 5.22. The van der Waals surface area contributed by atoms with E-state index in [9.17, 15) is 10.2 Å². The normalized spacial score (nSPS) is 34.8. The Morgan fingerprint density at radius 2 is 1.94 bits per heavy atom. The van der Waals surface area contributed by atoms with E-state index < -0.39 is 5.60 Å². The third-order valence-corrected chi connectivity index (χ3v) is 4.20. The monoisotopic (exact) mass is 243 g/mol. The van der Waals surface area contributed by atoms with E-state index >= 15 is 0 Å². The number of hydrogen-bond acceptors (Lipinski definition) is 4. The van der Waals surface area contributed by atoms with Crippen LogP contribution in [-0.4, -0.2) is 60.2 Å². The van der Waals surface area contributed by atoms with Gasteiger partial charge in [0.25, 0.3) is 0 Å². The molecule has 0 aromatic rings. The van der Waals surface area contributed by atoms with Gasteiger partial charge in [-0.1, -0.05) is 0 Å². The van der Waals surface area contributed by atoms with Crippen molar-refractivity contribution in [2.75, 3.05) is 39.5 Å². The van der Waals surface area contributed by atoms with Gasteiger partial charge >= 0.3 is 0 Å². The van der Waals surface area contributed by atoms with E-state index in [1.807, 2.05) is 6.92 Å². The number of ether oxygens (including phenoxy) is 1. The van der Waals surface area contributed by atoms with Crippen molar-refractivity contribution in [2.24, 2.45) is 5.41 Å². The molecule has 2 N–H and O–H groups in total. The van der Waals surface area contributed by atoms with E-state index in [0.29, 0.717) is 0 Å². The number of piperidine rings is 1. The van der Waals surface area contributed by atoms with Crippen LogP contribution < -0.4 is 0 Å². The van der Waals surface area contributed by atoms with Gasteiger partial charge in [-0.15, -0.1) is 0 Å². The lowest BCUT2D eigenvalue weighted by Crippen LogP contribution is -2.51. The summed E-state index contributed by atoms with van der Waals surface area (Å²) in [6.07, 6.45) is 3.80. The Morgan fingerprint density at radius 3 is 2.53 bits per heavy atom. The number of aliphatic hydroxyl groups excluding tert-OH is 1. The van der Waals surface area contributed by atoms with Gasteiger partial charge in [0.2, 0.25) is 0 Å². The van der Waals surface area contributed by atoms with Gasteiger partial charge < -0.3 is 14.9 Å². The Hall–Kier alpha value is -0.160. The molecule has 0 aromatic carbocycles. The Bertz CT molecular complexity index is 249. The van der Waals surface area contributed by atoms with Gasteiger partial charge in [0.1, 0.15) is 0 Å². The molecule has 0 aliphatic carbocycles. The minimum absolute atomic E-state index is 0.00826. The van der Waals surface area contributed by atoms with E-state index in [1.165, 1.54) is 0 Å². The van der Waals surface area contributed by atoms with Crippen molar-refractivity contribution >= 4 is 0 Å². The zero-order valence-electron chi connectivity index (χ0n) is 10.8. The van der Waals surface area contributed by atoms with Crippen LogP contribution in [0, 0.1) is 5.41 Å². The van der Waals surface area contributed by atoms with Crippen LogP contribution in [-0.2, 0) is 4.74 Å². The molecule has 1 atom stereocenters. The number of rotatable bonds is 3. The van der Waals surface area contributed by atoms with Crippen molar-refractivity contribution < 1.29 is 14.9 Å². The average Bonchev–Trinajstić information content (AvgIpc) is 2.29. The first kappa shape index (κ1) is 13.3. The van der Waals surface area contributed by atoms with Gasteiger partial charge in [0.05, 0.1) is 12.2 Å². The van der Waals surface area contributed by atoms with Crippen LogP contribution in [0.5, 0.6) is 0 Å². The number of hydrogen-bond donors (Lipinski definition) is 2. The van der Waals surface area contributed by atoms with Gasteiger partial charge in [-0.05, 0) is 39.2 Å². The van der Waals surface area contributed by atoms with Crippen LogP contribution in [0.2, 0.25) is 0 Å². The molecule has 2 fully saturated rings. The lowest BCUT2D eigenvalue weighted by atomic mass is 9.79. The van der Waals surface area contributed by atoms with Crippen LogP contribution in [0.3, 0.4) is 0 Å². The zero-order valence-corrected chi connectivity index (χ0v) is 10.8. The number of β-amino-alcohol motifs (C(OH)–C–C–N with tert-alkyl or cyclic N) is 1. The fourth-order valence-electron chi connectivity index (χ4n) is 3.10. The lowest BCUT2D eigenvalue weighted by Gasteiger charge is -2.44. The van der Waals surface area contributed by atoms with E-state index in [-0.39, 0.29) is 12.0 Å². The molecule has 0 spiro atoms. The van der Waals surface area contributed by atoms with Crippen molar-refractivity contribution in [1.29, 1.82) is 0 Å². The Kier molecular flexibility index (Phi) is 4.08. The summed E-state index contributed by atoms with van der Waals surface area (Å²) in [6.45, 7) is 6.32. The summed E-state index contributed by atoms with van der Waals surface area (Å²) < 4.78 is 5.38. The zero-order chi connectivity index (χ0) is 12.4. The van der Waals surface area contributed by atoms with Crippen LogP contribution >= 0.6 is 0 Å². The molecule has 0 radical (unpaired) electrons.